The monoisotopic (exact) mass is 695 g/mol. The fraction of sp³-hybridized carbons (Fsp3) is 0. The largest absolute Gasteiger partial charge is 0.310 e. The molecule has 0 amide bonds. The smallest absolute Gasteiger partial charge is 0.243 e. The van der Waals surface area contributed by atoms with Crippen molar-refractivity contribution in [3.63, 3.8) is 0 Å². The number of fused-ring (bicyclic) bond motifs is 4. The Morgan fingerprint density at radius 1 is 0.385 bits per heavy atom. The fourth-order valence-corrected chi connectivity index (χ4v) is 15.3. The van der Waals surface area contributed by atoms with E-state index in [2.05, 4.69) is 211 Å². The topological polar surface area (TPSA) is 3.24 Å². The summed E-state index contributed by atoms with van der Waals surface area (Å²) in [6, 6.07) is 76.6. The van der Waals surface area contributed by atoms with Crippen molar-refractivity contribution in [2.24, 2.45) is 0 Å². The van der Waals surface area contributed by atoms with Crippen molar-refractivity contribution in [1.29, 1.82) is 0 Å². The summed E-state index contributed by atoms with van der Waals surface area (Å²) in [6.45, 7) is 0.153. The van der Waals surface area contributed by atoms with E-state index in [1.165, 1.54) is 58.1 Å². The Hall–Kier alpha value is -5.81. The molecule has 4 heteroatoms. The molecule has 0 spiro atoms. The lowest BCUT2D eigenvalue weighted by Crippen LogP contribution is -2.87. The summed E-state index contributed by atoms with van der Waals surface area (Å²) in [5, 5.41) is 5.87. The van der Waals surface area contributed by atoms with E-state index < -0.39 is 8.07 Å². The van der Waals surface area contributed by atoms with E-state index in [0.29, 0.717) is 0 Å². The van der Waals surface area contributed by atoms with Crippen molar-refractivity contribution < 1.29 is 0 Å². The first-order valence-corrected chi connectivity index (χ1v) is 20.8. The molecule has 0 unspecified atom stereocenters. The lowest BCUT2D eigenvalue weighted by atomic mass is 9.36. The molecule has 52 heavy (non-hydrogen) atoms. The van der Waals surface area contributed by atoms with Gasteiger partial charge in [-0.15, -0.1) is 0 Å². The summed E-state index contributed by atoms with van der Waals surface area (Å²) in [5.74, 6) is 0. The molecule has 0 radical (unpaired) electrons. The molecule has 10 rings (SSSR count). The summed E-state index contributed by atoms with van der Waals surface area (Å²) in [4.78, 5) is 5.06. The second-order valence-corrected chi connectivity index (χ2v) is 18.4. The van der Waals surface area contributed by atoms with Crippen LogP contribution in [-0.4, -0.2) is 14.8 Å². The van der Waals surface area contributed by atoms with Crippen LogP contribution in [0.1, 0.15) is 0 Å². The molecule has 0 atom stereocenters. The molecule has 0 aromatic heterocycles. The van der Waals surface area contributed by atoms with E-state index in [0.717, 1.165) is 17.1 Å². The highest BCUT2D eigenvalue weighted by atomic mass is 32.2. The first-order chi connectivity index (χ1) is 25.8. The van der Waals surface area contributed by atoms with Crippen LogP contribution in [0.4, 0.5) is 17.1 Å². The van der Waals surface area contributed by atoms with Crippen LogP contribution in [0, 0.1) is 0 Å². The quantitative estimate of drug-likeness (QED) is 0.166. The fourth-order valence-electron chi connectivity index (χ4n) is 8.73. The minimum atomic E-state index is -2.63. The zero-order chi connectivity index (χ0) is 34.5. The molecule has 2 heterocycles. The van der Waals surface area contributed by atoms with Crippen molar-refractivity contribution in [2.45, 2.75) is 9.79 Å². The standard InChI is InChI=1S/C48H34BNSSi/c1-5-18-37(19-6-1)50(38-20-7-2-8-21-38)39-22-15-17-35(33-39)36-31-32-44-43(34-36)49-42-27-13-14-29-46(42)52(40-23-9-3-10-24-40,41-25-11-4-12-26-41)47-30-16-28-45(51-44)48(47)49/h1-34H. The van der Waals surface area contributed by atoms with Gasteiger partial charge in [-0.05, 0) is 80.4 Å². The van der Waals surface area contributed by atoms with Crippen LogP contribution in [0.15, 0.2) is 216 Å². The van der Waals surface area contributed by atoms with Gasteiger partial charge in [0.25, 0.3) is 0 Å². The molecule has 8 aromatic carbocycles. The van der Waals surface area contributed by atoms with Gasteiger partial charge >= 0.3 is 0 Å². The first-order valence-electron chi connectivity index (χ1n) is 18.0. The van der Waals surface area contributed by atoms with Crippen LogP contribution in [0.2, 0.25) is 0 Å². The van der Waals surface area contributed by atoms with Gasteiger partial charge in [0, 0.05) is 26.9 Å². The third-order valence-corrected chi connectivity index (χ3v) is 16.9. The maximum Gasteiger partial charge on any atom is 0.243 e. The van der Waals surface area contributed by atoms with Gasteiger partial charge in [0.2, 0.25) is 6.71 Å². The second-order valence-electron chi connectivity index (χ2n) is 13.6. The zero-order valence-electron chi connectivity index (χ0n) is 28.6. The normalized spacial score (nSPS) is 13.4. The molecule has 0 bridgehead atoms. The van der Waals surface area contributed by atoms with E-state index in [9.17, 15) is 0 Å². The number of rotatable bonds is 6. The SMILES string of the molecule is c1ccc(N(c2ccccc2)c2cccc(-c3ccc4c(c3)B3c5ccccc5[Si](c5ccccc5)(c5ccccc5)c5cccc(c53)S4)c2)cc1. The first kappa shape index (κ1) is 31.0. The maximum absolute atomic E-state index is 2.63. The number of hydrogen-bond donors (Lipinski definition) is 0. The summed E-state index contributed by atoms with van der Waals surface area (Å²) in [5.41, 5.74) is 10.2. The van der Waals surface area contributed by atoms with E-state index in [-0.39, 0.29) is 6.71 Å². The van der Waals surface area contributed by atoms with Crippen LogP contribution in [0.25, 0.3) is 11.1 Å². The highest BCUT2D eigenvalue weighted by Gasteiger charge is 2.51. The van der Waals surface area contributed by atoms with Crippen LogP contribution in [0.5, 0.6) is 0 Å². The molecular weight excluding hydrogens is 662 g/mol. The summed E-state index contributed by atoms with van der Waals surface area (Å²) in [6.07, 6.45) is 0. The van der Waals surface area contributed by atoms with E-state index in [4.69, 9.17) is 0 Å². The van der Waals surface area contributed by atoms with Gasteiger partial charge in [-0.25, -0.2) is 0 Å². The van der Waals surface area contributed by atoms with E-state index >= 15 is 0 Å². The number of benzene rings is 8. The molecule has 0 N–H and O–H groups in total. The van der Waals surface area contributed by atoms with Gasteiger partial charge in [0.1, 0.15) is 0 Å². The number of hydrogen-bond acceptors (Lipinski definition) is 2. The van der Waals surface area contributed by atoms with Gasteiger partial charge in [0.05, 0.1) is 0 Å². The lowest BCUT2D eigenvalue weighted by molar-refractivity contribution is 1.28. The van der Waals surface area contributed by atoms with Crippen molar-refractivity contribution in [1.82, 2.24) is 0 Å². The third-order valence-electron chi connectivity index (χ3n) is 10.9. The van der Waals surface area contributed by atoms with Crippen LogP contribution in [-0.2, 0) is 0 Å². The Bertz CT molecular complexity index is 2480. The molecule has 0 fully saturated rings. The molecule has 2 aliphatic rings. The molecule has 1 nitrogen and oxygen atoms in total. The lowest BCUT2D eigenvalue weighted by Gasteiger charge is -2.44. The maximum atomic E-state index is 2.48. The summed E-state index contributed by atoms with van der Waals surface area (Å²) < 4.78 is 0. The summed E-state index contributed by atoms with van der Waals surface area (Å²) in [7, 11) is -2.63. The van der Waals surface area contributed by atoms with Gasteiger partial charge in [-0.3, -0.25) is 0 Å². The van der Waals surface area contributed by atoms with E-state index in [1.54, 1.807) is 0 Å². The van der Waals surface area contributed by atoms with Crippen LogP contribution < -0.4 is 42.0 Å². The average Bonchev–Trinajstić information content (AvgIpc) is 3.22. The molecule has 2 aliphatic heterocycles. The Morgan fingerprint density at radius 3 is 1.60 bits per heavy atom. The van der Waals surface area contributed by atoms with Gasteiger partial charge in [-0.2, -0.15) is 0 Å². The average molecular weight is 696 g/mol. The zero-order valence-corrected chi connectivity index (χ0v) is 30.4. The molecule has 0 saturated carbocycles. The van der Waals surface area contributed by atoms with Crippen LogP contribution in [0.3, 0.4) is 0 Å². The predicted octanol–water partition coefficient (Wildman–Crippen LogP) is 7.50. The Balaban J connectivity index is 1.16. The third kappa shape index (κ3) is 4.86. The molecule has 8 aromatic rings. The van der Waals surface area contributed by atoms with Gasteiger partial charge < -0.3 is 4.90 Å². The minimum absolute atomic E-state index is 0.153. The van der Waals surface area contributed by atoms with Crippen molar-refractivity contribution >= 4 is 80.7 Å². The number of nitrogens with zero attached hydrogens (tertiary/aromatic N) is 1. The van der Waals surface area contributed by atoms with Crippen molar-refractivity contribution in [3.8, 4) is 11.1 Å². The highest BCUT2D eigenvalue weighted by molar-refractivity contribution is 8.00. The van der Waals surface area contributed by atoms with Gasteiger partial charge in [-0.1, -0.05) is 186 Å². The predicted molar refractivity (Wildman–Crippen MR) is 225 cm³/mol. The highest BCUT2D eigenvalue weighted by Crippen LogP contribution is 2.37. The van der Waals surface area contributed by atoms with Crippen molar-refractivity contribution in [3.05, 3.63) is 206 Å². The van der Waals surface area contributed by atoms with Gasteiger partial charge in [0.15, 0.2) is 8.07 Å². The molecule has 0 aliphatic carbocycles. The van der Waals surface area contributed by atoms with Crippen molar-refractivity contribution in [2.75, 3.05) is 4.90 Å². The van der Waals surface area contributed by atoms with E-state index in [1.807, 2.05) is 11.8 Å². The molecule has 0 saturated heterocycles. The Kier molecular flexibility index (Phi) is 7.59. The van der Waals surface area contributed by atoms with Crippen LogP contribution >= 0.6 is 11.8 Å². The molecule has 244 valence electrons. The number of anilines is 3. The second kappa shape index (κ2) is 12.8. The Morgan fingerprint density at radius 2 is 0.923 bits per heavy atom. The molecular formula is C48H34BNSSi. The number of para-hydroxylation sites is 2. The minimum Gasteiger partial charge on any atom is -0.310 e. The Labute approximate surface area is 311 Å². The summed E-state index contributed by atoms with van der Waals surface area (Å²) >= 11 is 1.94.